The fourth-order valence-corrected chi connectivity index (χ4v) is 3.49. The van der Waals surface area contributed by atoms with Crippen LogP contribution in [0.4, 0.5) is 0 Å². The van der Waals surface area contributed by atoms with Gasteiger partial charge in [0.15, 0.2) is 6.29 Å². The van der Waals surface area contributed by atoms with Crippen LogP contribution < -0.4 is 4.74 Å². The number of pyridine rings is 1. The molecule has 1 N–H and O–H groups in total. The molecule has 0 bridgehead atoms. The minimum Gasteiger partial charge on any atom is -0.488 e. The Kier molecular flexibility index (Phi) is 3.91. The number of nitrogens with one attached hydrogen (secondary N) is 1. The molecule has 1 saturated heterocycles. The van der Waals surface area contributed by atoms with E-state index >= 15 is 0 Å². The Balaban J connectivity index is 1.22. The zero-order valence-corrected chi connectivity index (χ0v) is 16.0. The predicted molar refractivity (Wildman–Crippen MR) is 102 cm³/mol. The molecule has 2 saturated carbocycles. The second-order valence-electron chi connectivity index (χ2n) is 8.20. The molecule has 0 amide bonds. The van der Waals surface area contributed by atoms with Crippen molar-refractivity contribution in [2.75, 3.05) is 13.2 Å². The Labute approximate surface area is 167 Å². The van der Waals surface area contributed by atoms with Gasteiger partial charge < -0.3 is 19.2 Å². The second-order valence-corrected chi connectivity index (χ2v) is 8.20. The van der Waals surface area contributed by atoms with E-state index < -0.39 is 0 Å². The Bertz CT molecular complexity index is 999. The van der Waals surface area contributed by atoms with Crippen LogP contribution in [0.2, 0.25) is 0 Å². The molecule has 1 aliphatic heterocycles. The van der Waals surface area contributed by atoms with Crippen molar-refractivity contribution in [3.8, 4) is 28.5 Å². The summed E-state index contributed by atoms with van der Waals surface area (Å²) in [7, 11) is 0. The summed E-state index contributed by atoms with van der Waals surface area (Å²) in [6.45, 7) is 2.05. The van der Waals surface area contributed by atoms with E-state index in [1.54, 1.807) is 23.3 Å². The average Bonchev–Trinajstić information content (AvgIpc) is 3.58. The molecular weight excluding hydrogens is 372 g/mol. The lowest BCUT2D eigenvalue weighted by Crippen LogP contribution is -2.36. The van der Waals surface area contributed by atoms with E-state index in [2.05, 4.69) is 25.3 Å². The fraction of sp³-hybridized carbons (Fsp3) is 0.500. The first kappa shape index (κ1) is 17.1. The third-order valence-corrected chi connectivity index (χ3v) is 5.67. The number of aromatic nitrogens is 6. The molecule has 3 aromatic heterocycles. The number of ether oxygens (including phenoxy) is 3. The highest BCUT2D eigenvalue weighted by Gasteiger charge is 2.47. The number of nitrogens with zero attached hydrogens (tertiary/aromatic N) is 5. The number of aromatic amines is 1. The van der Waals surface area contributed by atoms with E-state index in [9.17, 15) is 0 Å². The van der Waals surface area contributed by atoms with Gasteiger partial charge in [-0.3, -0.25) is 0 Å². The smallest absolute Gasteiger partial charge is 0.177 e. The van der Waals surface area contributed by atoms with E-state index in [0.717, 1.165) is 37.4 Å². The molecule has 3 fully saturated rings. The standard InChI is InChI=1S/C20H22N6O3/c1-2-14(1)29-16-7-13(19-21-5-6-22-19)8-23-18(16)15-9-26(25-24-15)10-17-27-11-20(3-4-20)12-28-17/h5-9,14,17H,1-4,10-12H2,(H,21,22). The van der Waals surface area contributed by atoms with Crippen molar-refractivity contribution in [1.82, 2.24) is 29.9 Å². The normalized spacial score (nSPS) is 20.8. The van der Waals surface area contributed by atoms with Crippen molar-refractivity contribution in [1.29, 1.82) is 0 Å². The topological polar surface area (TPSA) is 100.0 Å². The molecule has 2 aliphatic carbocycles. The third-order valence-electron chi connectivity index (χ3n) is 5.67. The van der Waals surface area contributed by atoms with Gasteiger partial charge in [0.05, 0.1) is 32.1 Å². The maximum atomic E-state index is 6.11. The van der Waals surface area contributed by atoms with E-state index in [1.165, 1.54) is 12.8 Å². The number of hydrogen-bond donors (Lipinski definition) is 1. The van der Waals surface area contributed by atoms with Crippen LogP contribution in [-0.4, -0.2) is 55.6 Å². The van der Waals surface area contributed by atoms with Gasteiger partial charge in [0, 0.05) is 29.6 Å². The maximum Gasteiger partial charge on any atom is 0.177 e. The van der Waals surface area contributed by atoms with Gasteiger partial charge in [-0.1, -0.05) is 5.21 Å². The van der Waals surface area contributed by atoms with Crippen LogP contribution >= 0.6 is 0 Å². The Hall–Kier alpha value is -2.78. The molecule has 4 heterocycles. The molecule has 150 valence electrons. The van der Waals surface area contributed by atoms with Crippen LogP contribution in [-0.2, 0) is 16.0 Å². The quantitative estimate of drug-likeness (QED) is 0.685. The van der Waals surface area contributed by atoms with Crippen LogP contribution in [0.1, 0.15) is 25.7 Å². The van der Waals surface area contributed by atoms with Gasteiger partial charge in [-0.15, -0.1) is 5.10 Å². The molecule has 0 aromatic carbocycles. The van der Waals surface area contributed by atoms with Gasteiger partial charge in [-0.05, 0) is 31.7 Å². The second kappa shape index (κ2) is 6.64. The van der Waals surface area contributed by atoms with Gasteiger partial charge in [-0.2, -0.15) is 0 Å². The number of rotatable bonds is 6. The van der Waals surface area contributed by atoms with Crippen LogP contribution in [0, 0.1) is 5.41 Å². The molecular formula is C20H22N6O3. The summed E-state index contributed by atoms with van der Waals surface area (Å²) in [6, 6.07) is 1.96. The van der Waals surface area contributed by atoms with Crippen molar-refractivity contribution in [3.05, 3.63) is 30.9 Å². The molecule has 9 nitrogen and oxygen atoms in total. The summed E-state index contributed by atoms with van der Waals surface area (Å²) >= 11 is 0. The van der Waals surface area contributed by atoms with E-state index in [4.69, 9.17) is 14.2 Å². The molecule has 3 aliphatic rings. The summed E-state index contributed by atoms with van der Waals surface area (Å²) in [5.74, 6) is 1.46. The molecule has 3 aromatic rings. The van der Waals surface area contributed by atoms with Crippen molar-refractivity contribution < 1.29 is 14.2 Å². The molecule has 0 unspecified atom stereocenters. The largest absolute Gasteiger partial charge is 0.488 e. The van der Waals surface area contributed by atoms with Crippen molar-refractivity contribution in [2.24, 2.45) is 5.41 Å². The van der Waals surface area contributed by atoms with Crippen LogP contribution in [0.25, 0.3) is 22.8 Å². The molecule has 0 atom stereocenters. The summed E-state index contributed by atoms with van der Waals surface area (Å²) in [6.07, 6.45) is 11.6. The monoisotopic (exact) mass is 394 g/mol. The molecule has 29 heavy (non-hydrogen) atoms. The zero-order chi connectivity index (χ0) is 19.3. The molecule has 1 spiro atoms. The molecule has 6 rings (SSSR count). The van der Waals surface area contributed by atoms with Gasteiger partial charge >= 0.3 is 0 Å². The van der Waals surface area contributed by atoms with Crippen molar-refractivity contribution in [2.45, 2.75) is 44.6 Å². The first-order chi connectivity index (χ1) is 14.3. The van der Waals surface area contributed by atoms with Gasteiger partial charge in [0.25, 0.3) is 0 Å². The lowest BCUT2D eigenvalue weighted by molar-refractivity contribution is -0.213. The van der Waals surface area contributed by atoms with Gasteiger partial charge in [0.2, 0.25) is 0 Å². The Morgan fingerprint density at radius 3 is 2.79 bits per heavy atom. The zero-order valence-electron chi connectivity index (χ0n) is 16.0. The average molecular weight is 394 g/mol. The number of H-pyrrole nitrogens is 1. The Morgan fingerprint density at radius 1 is 1.21 bits per heavy atom. The lowest BCUT2D eigenvalue weighted by Gasteiger charge is -2.29. The van der Waals surface area contributed by atoms with Crippen LogP contribution in [0.3, 0.4) is 0 Å². The SMILES string of the molecule is c1c[nH]c(-c2cnc(-c3cn(CC4OCC5(CC5)CO4)nn3)c(OC3CC3)c2)n1. The number of hydrogen-bond acceptors (Lipinski definition) is 7. The van der Waals surface area contributed by atoms with E-state index in [-0.39, 0.29) is 12.4 Å². The fourth-order valence-electron chi connectivity index (χ4n) is 3.49. The summed E-state index contributed by atoms with van der Waals surface area (Å²) < 4.78 is 19.6. The summed E-state index contributed by atoms with van der Waals surface area (Å²) in [4.78, 5) is 12.0. The maximum absolute atomic E-state index is 6.11. The first-order valence-corrected chi connectivity index (χ1v) is 10.1. The van der Waals surface area contributed by atoms with Crippen LogP contribution in [0.15, 0.2) is 30.9 Å². The van der Waals surface area contributed by atoms with Crippen LogP contribution in [0.5, 0.6) is 5.75 Å². The summed E-state index contributed by atoms with van der Waals surface area (Å²) in [5, 5.41) is 8.55. The minimum atomic E-state index is -0.285. The summed E-state index contributed by atoms with van der Waals surface area (Å²) in [5.41, 5.74) is 2.51. The van der Waals surface area contributed by atoms with E-state index in [0.29, 0.717) is 29.1 Å². The molecule has 0 radical (unpaired) electrons. The highest BCUT2D eigenvalue weighted by Crippen LogP contribution is 2.48. The number of imidazole rings is 1. The lowest BCUT2D eigenvalue weighted by atomic mass is 10.1. The minimum absolute atomic E-state index is 0.247. The Morgan fingerprint density at radius 2 is 2.07 bits per heavy atom. The van der Waals surface area contributed by atoms with E-state index in [1.807, 2.05) is 12.3 Å². The molecule has 9 heteroatoms. The third kappa shape index (κ3) is 3.51. The first-order valence-electron chi connectivity index (χ1n) is 10.1. The predicted octanol–water partition coefficient (Wildman–Crippen LogP) is 2.42. The highest BCUT2D eigenvalue weighted by molar-refractivity contribution is 5.67. The van der Waals surface area contributed by atoms with Gasteiger partial charge in [0.1, 0.15) is 23.0 Å². The van der Waals surface area contributed by atoms with Crippen molar-refractivity contribution >= 4 is 0 Å². The highest BCUT2D eigenvalue weighted by atomic mass is 16.7. The van der Waals surface area contributed by atoms with Crippen molar-refractivity contribution in [3.63, 3.8) is 0 Å². The van der Waals surface area contributed by atoms with Gasteiger partial charge in [-0.25, -0.2) is 14.6 Å².